The zero-order chi connectivity index (χ0) is 14.1. The minimum absolute atomic E-state index is 0.217. The number of aldehydes is 1. The van der Waals surface area contributed by atoms with Gasteiger partial charge in [0.2, 0.25) is 0 Å². The van der Waals surface area contributed by atoms with Crippen LogP contribution in [0.2, 0.25) is 0 Å². The number of aryl methyl sites for hydroxylation is 1. The Hall–Kier alpha value is -2.82. The van der Waals surface area contributed by atoms with Crippen LogP contribution in [0.4, 0.5) is 0 Å². The number of hydrogen-bond donors (Lipinski definition) is 0. The maximum absolute atomic E-state index is 12.0. The first kappa shape index (κ1) is 12.2. The maximum atomic E-state index is 12.0. The molecule has 0 spiro atoms. The van der Waals surface area contributed by atoms with Crippen molar-refractivity contribution in [3.63, 3.8) is 0 Å². The van der Waals surface area contributed by atoms with Crippen LogP contribution in [0, 0.1) is 0 Å². The van der Waals surface area contributed by atoms with E-state index in [1.807, 2.05) is 30.3 Å². The van der Waals surface area contributed by atoms with Gasteiger partial charge in [-0.3, -0.25) is 9.59 Å². The summed E-state index contributed by atoms with van der Waals surface area (Å²) in [5, 5.41) is 0.344. The highest BCUT2D eigenvalue weighted by Gasteiger charge is 2.10. The van der Waals surface area contributed by atoms with E-state index in [0.717, 1.165) is 5.56 Å². The van der Waals surface area contributed by atoms with Crippen molar-refractivity contribution in [2.45, 2.75) is 0 Å². The van der Waals surface area contributed by atoms with E-state index in [9.17, 15) is 9.59 Å². The van der Waals surface area contributed by atoms with Crippen LogP contribution in [0.3, 0.4) is 0 Å². The molecule has 0 unspecified atom stereocenters. The monoisotopic (exact) mass is 265 g/mol. The van der Waals surface area contributed by atoms with E-state index in [1.165, 1.54) is 17.0 Å². The SMILES string of the molecule is Cn1cc(C=O)c2nc(-c3ccccc3)ncc2c1=O. The number of carbonyl (C=O) groups excluding carboxylic acids is 1. The molecule has 0 fully saturated rings. The van der Waals surface area contributed by atoms with Crippen molar-refractivity contribution in [2.75, 3.05) is 0 Å². The molecule has 98 valence electrons. The summed E-state index contributed by atoms with van der Waals surface area (Å²) in [7, 11) is 1.60. The lowest BCUT2D eigenvalue weighted by molar-refractivity contribution is 0.112. The Morgan fingerprint density at radius 3 is 2.65 bits per heavy atom. The van der Waals surface area contributed by atoms with Gasteiger partial charge in [-0.2, -0.15) is 0 Å². The third-order valence-corrected chi connectivity index (χ3v) is 3.10. The summed E-state index contributed by atoms with van der Waals surface area (Å²) >= 11 is 0. The average molecular weight is 265 g/mol. The average Bonchev–Trinajstić information content (AvgIpc) is 2.51. The molecule has 2 aromatic heterocycles. The highest BCUT2D eigenvalue weighted by Crippen LogP contribution is 2.17. The Morgan fingerprint density at radius 2 is 1.95 bits per heavy atom. The first-order chi connectivity index (χ1) is 9.70. The van der Waals surface area contributed by atoms with Crippen LogP contribution in [0.15, 0.2) is 47.5 Å². The summed E-state index contributed by atoms with van der Waals surface area (Å²) < 4.78 is 1.36. The molecule has 1 aromatic carbocycles. The molecular weight excluding hydrogens is 254 g/mol. The van der Waals surface area contributed by atoms with E-state index >= 15 is 0 Å². The smallest absolute Gasteiger partial charge is 0.261 e. The lowest BCUT2D eigenvalue weighted by Gasteiger charge is -2.06. The third-order valence-electron chi connectivity index (χ3n) is 3.10. The molecule has 0 atom stereocenters. The molecule has 0 amide bonds. The molecule has 0 radical (unpaired) electrons. The molecule has 20 heavy (non-hydrogen) atoms. The van der Waals surface area contributed by atoms with Crippen LogP contribution >= 0.6 is 0 Å². The first-order valence-electron chi connectivity index (χ1n) is 6.07. The Kier molecular flexibility index (Phi) is 2.87. The molecule has 0 aliphatic carbocycles. The molecule has 0 saturated heterocycles. The summed E-state index contributed by atoms with van der Waals surface area (Å²) in [6.45, 7) is 0. The van der Waals surface area contributed by atoms with Gasteiger partial charge >= 0.3 is 0 Å². The second-order valence-corrected chi connectivity index (χ2v) is 4.44. The number of rotatable bonds is 2. The highest BCUT2D eigenvalue weighted by atomic mass is 16.1. The normalized spacial score (nSPS) is 10.7. The van der Waals surface area contributed by atoms with E-state index < -0.39 is 0 Å². The molecule has 0 N–H and O–H groups in total. The lowest BCUT2D eigenvalue weighted by atomic mass is 10.2. The maximum Gasteiger partial charge on any atom is 0.261 e. The highest BCUT2D eigenvalue weighted by molar-refractivity contribution is 5.94. The summed E-state index contributed by atoms with van der Waals surface area (Å²) in [6.07, 6.45) is 3.66. The Morgan fingerprint density at radius 1 is 1.20 bits per heavy atom. The molecule has 2 heterocycles. The van der Waals surface area contributed by atoms with Gasteiger partial charge in [0.25, 0.3) is 5.56 Å². The topological polar surface area (TPSA) is 64.8 Å². The van der Waals surface area contributed by atoms with Crippen molar-refractivity contribution < 1.29 is 4.79 Å². The molecule has 3 aromatic rings. The minimum atomic E-state index is -0.217. The van der Waals surface area contributed by atoms with Crippen molar-refractivity contribution in [2.24, 2.45) is 7.05 Å². The molecule has 0 aliphatic rings. The minimum Gasteiger partial charge on any atom is -0.317 e. The zero-order valence-electron chi connectivity index (χ0n) is 10.8. The largest absolute Gasteiger partial charge is 0.317 e. The standard InChI is InChI=1S/C15H11N3O2/c1-18-8-11(9-19)13-12(15(18)20)7-16-14(17-13)10-5-3-2-4-6-10/h2-9H,1H3. The molecule has 3 rings (SSSR count). The van der Waals surface area contributed by atoms with Gasteiger partial charge in [0, 0.05) is 25.0 Å². The number of carbonyl (C=O) groups is 1. The van der Waals surface area contributed by atoms with Gasteiger partial charge in [-0.15, -0.1) is 0 Å². The molecular formula is C15H11N3O2. The molecule has 0 bridgehead atoms. The van der Waals surface area contributed by atoms with Crippen molar-refractivity contribution in [3.05, 3.63) is 58.6 Å². The Balaban J connectivity index is 2.34. The number of nitrogens with zero attached hydrogens (tertiary/aromatic N) is 3. The molecule has 0 aliphatic heterocycles. The molecule has 5 heteroatoms. The van der Waals surface area contributed by atoms with Gasteiger partial charge in [0.15, 0.2) is 12.1 Å². The van der Waals surface area contributed by atoms with Gasteiger partial charge in [0.1, 0.15) is 0 Å². The predicted octanol–water partition coefficient (Wildman–Crippen LogP) is 1.81. The Labute approximate surface area is 114 Å². The fraction of sp³-hybridized carbons (Fsp3) is 0.0667. The van der Waals surface area contributed by atoms with E-state index in [0.29, 0.717) is 28.6 Å². The lowest BCUT2D eigenvalue weighted by Crippen LogP contribution is -2.18. The second kappa shape index (κ2) is 4.70. The first-order valence-corrected chi connectivity index (χ1v) is 6.07. The van der Waals surface area contributed by atoms with Gasteiger partial charge in [-0.1, -0.05) is 30.3 Å². The number of hydrogen-bond acceptors (Lipinski definition) is 4. The quantitative estimate of drug-likeness (QED) is 0.663. The van der Waals surface area contributed by atoms with Gasteiger partial charge in [-0.05, 0) is 0 Å². The molecule has 0 saturated carbocycles. The van der Waals surface area contributed by atoms with Crippen molar-refractivity contribution in [3.8, 4) is 11.4 Å². The fourth-order valence-electron chi connectivity index (χ4n) is 2.09. The molecule has 5 nitrogen and oxygen atoms in total. The second-order valence-electron chi connectivity index (χ2n) is 4.44. The summed E-state index contributed by atoms with van der Waals surface area (Å²) in [6, 6.07) is 9.42. The van der Waals surface area contributed by atoms with Gasteiger partial charge < -0.3 is 4.57 Å². The van der Waals surface area contributed by atoms with E-state index in [2.05, 4.69) is 9.97 Å². The van der Waals surface area contributed by atoms with Crippen molar-refractivity contribution in [1.82, 2.24) is 14.5 Å². The fourth-order valence-corrected chi connectivity index (χ4v) is 2.09. The van der Waals surface area contributed by atoms with E-state index in [4.69, 9.17) is 0 Å². The summed E-state index contributed by atoms with van der Waals surface area (Å²) in [4.78, 5) is 31.7. The summed E-state index contributed by atoms with van der Waals surface area (Å²) in [5.41, 5.74) is 1.38. The van der Waals surface area contributed by atoms with Crippen LogP contribution in [-0.4, -0.2) is 20.8 Å². The van der Waals surface area contributed by atoms with Crippen molar-refractivity contribution >= 4 is 17.2 Å². The van der Waals surface area contributed by atoms with Crippen LogP contribution < -0.4 is 5.56 Å². The predicted molar refractivity (Wildman–Crippen MR) is 75.6 cm³/mol. The number of fused-ring (bicyclic) bond motifs is 1. The van der Waals surface area contributed by atoms with Gasteiger partial charge in [-0.25, -0.2) is 9.97 Å². The van der Waals surface area contributed by atoms with E-state index in [1.54, 1.807) is 7.05 Å². The van der Waals surface area contributed by atoms with E-state index in [-0.39, 0.29) is 5.56 Å². The number of pyridine rings is 1. The zero-order valence-corrected chi connectivity index (χ0v) is 10.8. The van der Waals surface area contributed by atoms with Crippen LogP contribution in [0.1, 0.15) is 10.4 Å². The number of aromatic nitrogens is 3. The number of benzene rings is 1. The third kappa shape index (κ3) is 1.89. The Bertz CT molecular complexity index is 854. The van der Waals surface area contributed by atoms with Crippen LogP contribution in [0.5, 0.6) is 0 Å². The van der Waals surface area contributed by atoms with Crippen molar-refractivity contribution in [1.29, 1.82) is 0 Å². The van der Waals surface area contributed by atoms with Crippen LogP contribution in [-0.2, 0) is 7.05 Å². The summed E-state index contributed by atoms with van der Waals surface area (Å²) in [5.74, 6) is 0.495. The van der Waals surface area contributed by atoms with Gasteiger partial charge in [0.05, 0.1) is 16.5 Å². The van der Waals surface area contributed by atoms with Crippen LogP contribution in [0.25, 0.3) is 22.3 Å².